The van der Waals surface area contributed by atoms with Gasteiger partial charge in [-0.2, -0.15) is 0 Å². The van der Waals surface area contributed by atoms with E-state index in [0.29, 0.717) is 11.1 Å². The van der Waals surface area contributed by atoms with Gasteiger partial charge in [0, 0.05) is 0 Å². The van der Waals surface area contributed by atoms with Crippen LogP contribution in [0, 0.1) is 11.8 Å². The van der Waals surface area contributed by atoms with Crippen LogP contribution in [0.1, 0.15) is 25.0 Å². The molecule has 0 radical (unpaired) electrons. The number of carbonyl (C=O) groups excluding carboxylic acids is 2. The summed E-state index contributed by atoms with van der Waals surface area (Å²) in [5, 5.41) is 0. The molecule has 0 atom stereocenters. The summed E-state index contributed by atoms with van der Waals surface area (Å²) >= 11 is 0. The maximum atomic E-state index is 11.9. The molecule has 0 saturated heterocycles. The number of benzene rings is 1. The molecule has 19 heavy (non-hydrogen) atoms. The van der Waals surface area contributed by atoms with Crippen molar-refractivity contribution in [3.05, 3.63) is 46.5 Å². The van der Waals surface area contributed by atoms with Crippen molar-refractivity contribution < 1.29 is 14.3 Å². The number of carbonyl (C=O) groups is 2. The first-order valence-electron chi connectivity index (χ1n) is 6.65. The van der Waals surface area contributed by atoms with Crippen LogP contribution in [-0.4, -0.2) is 11.9 Å². The van der Waals surface area contributed by atoms with Crippen molar-refractivity contribution in [1.29, 1.82) is 0 Å². The molecular formula is C16H16O3. The molecule has 2 aliphatic rings. The Morgan fingerprint density at radius 1 is 1.05 bits per heavy atom. The average Bonchev–Trinajstić information content (AvgIpc) is 2.88. The molecule has 0 amide bonds. The summed E-state index contributed by atoms with van der Waals surface area (Å²) in [7, 11) is 0. The highest BCUT2D eigenvalue weighted by molar-refractivity contribution is 6.12. The Balaban J connectivity index is 1.99. The fourth-order valence-electron chi connectivity index (χ4n) is 3.11. The number of hydrogen-bond acceptors (Lipinski definition) is 3. The molecule has 98 valence electrons. The van der Waals surface area contributed by atoms with Gasteiger partial charge in [0.05, 0.1) is 11.1 Å². The molecule has 0 saturated carbocycles. The van der Waals surface area contributed by atoms with Gasteiger partial charge in [0.15, 0.2) is 0 Å². The topological polar surface area (TPSA) is 43.4 Å². The van der Waals surface area contributed by atoms with E-state index in [4.69, 9.17) is 4.74 Å². The van der Waals surface area contributed by atoms with Crippen molar-refractivity contribution in [3.63, 3.8) is 0 Å². The molecule has 0 aromatic heterocycles. The summed E-state index contributed by atoms with van der Waals surface area (Å²) in [6.45, 7) is 3.86. The lowest BCUT2D eigenvalue weighted by Gasteiger charge is -2.11. The van der Waals surface area contributed by atoms with E-state index in [1.165, 1.54) is 11.1 Å². The first kappa shape index (κ1) is 12.2. The van der Waals surface area contributed by atoms with E-state index in [1.807, 2.05) is 26.0 Å². The zero-order valence-corrected chi connectivity index (χ0v) is 11.1. The maximum Gasteiger partial charge on any atom is 0.342 e. The SMILES string of the molecule is CC(C)C1=C(C2Cc3ccccc3C2)C(=O)OC1=O. The van der Waals surface area contributed by atoms with Gasteiger partial charge in [0.25, 0.3) is 0 Å². The number of cyclic esters (lactones) is 2. The Kier molecular flexibility index (Phi) is 2.77. The van der Waals surface area contributed by atoms with Gasteiger partial charge in [-0.3, -0.25) is 0 Å². The maximum absolute atomic E-state index is 11.9. The van der Waals surface area contributed by atoms with Crippen molar-refractivity contribution in [2.45, 2.75) is 26.7 Å². The van der Waals surface area contributed by atoms with Crippen molar-refractivity contribution in [1.82, 2.24) is 0 Å². The average molecular weight is 256 g/mol. The molecule has 1 aromatic carbocycles. The van der Waals surface area contributed by atoms with Gasteiger partial charge in [-0.05, 0) is 35.8 Å². The Hall–Kier alpha value is -1.90. The molecule has 0 spiro atoms. The van der Waals surface area contributed by atoms with E-state index in [9.17, 15) is 9.59 Å². The fraction of sp³-hybridized carbons (Fsp3) is 0.375. The van der Waals surface area contributed by atoms with Gasteiger partial charge in [0.1, 0.15) is 0 Å². The molecular weight excluding hydrogens is 240 g/mol. The molecule has 0 bridgehead atoms. The van der Waals surface area contributed by atoms with Crippen LogP contribution in [-0.2, 0) is 27.2 Å². The largest absolute Gasteiger partial charge is 0.386 e. The minimum absolute atomic E-state index is 0.0256. The minimum atomic E-state index is -0.453. The molecule has 3 nitrogen and oxygen atoms in total. The van der Waals surface area contributed by atoms with Gasteiger partial charge < -0.3 is 4.74 Å². The smallest absolute Gasteiger partial charge is 0.342 e. The highest BCUT2D eigenvalue weighted by Gasteiger charge is 2.40. The lowest BCUT2D eigenvalue weighted by atomic mass is 9.88. The van der Waals surface area contributed by atoms with E-state index in [0.717, 1.165) is 12.8 Å². The molecule has 3 heteroatoms. The zero-order chi connectivity index (χ0) is 13.6. The Labute approximate surface area is 112 Å². The zero-order valence-electron chi connectivity index (χ0n) is 11.1. The lowest BCUT2D eigenvalue weighted by molar-refractivity contribution is -0.151. The van der Waals surface area contributed by atoms with E-state index in [2.05, 4.69) is 12.1 Å². The summed E-state index contributed by atoms with van der Waals surface area (Å²) in [5.74, 6) is -0.774. The number of rotatable bonds is 2. The highest BCUT2D eigenvalue weighted by Crippen LogP contribution is 2.37. The summed E-state index contributed by atoms with van der Waals surface area (Å²) in [6, 6.07) is 8.20. The van der Waals surface area contributed by atoms with Crippen molar-refractivity contribution >= 4 is 11.9 Å². The number of fused-ring (bicyclic) bond motifs is 1. The molecule has 0 fully saturated rings. The number of hydrogen-bond donors (Lipinski definition) is 0. The second-order valence-corrected chi connectivity index (χ2v) is 5.53. The molecule has 1 aliphatic heterocycles. The number of esters is 2. The van der Waals surface area contributed by atoms with Gasteiger partial charge >= 0.3 is 11.9 Å². The predicted octanol–water partition coefficient (Wildman–Crippen LogP) is 2.44. The van der Waals surface area contributed by atoms with Crippen LogP contribution in [0.3, 0.4) is 0 Å². The third kappa shape index (κ3) is 1.89. The van der Waals surface area contributed by atoms with Crippen molar-refractivity contribution in [2.24, 2.45) is 11.8 Å². The highest BCUT2D eigenvalue weighted by atomic mass is 16.6. The van der Waals surface area contributed by atoms with Crippen molar-refractivity contribution in [3.8, 4) is 0 Å². The second-order valence-electron chi connectivity index (χ2n) is 5.53. The predicted molar refractivity (Wildman–Crippen MR) is 70.3 cm³/mol. The van der Waals surface area contributed by atoms with E-state index in [1.54, 1.807) is 0 Å². The molecule has 1 heterocycles. The Morgan fingerprint density at radius 3 is 2.16 bits per heavy atom. The quantitative estimate of drug-likeness (QED) is 0.603. The first-order chi connectivity index (χ1) is 9.08. The van der Waals surface area contributed by atoms with Crippen LogP contribution < -0.4 is 0 Å². The molecule has 0 N–H and O–H groups in total. The van der Waals surface area contributed by atoms with Crippen LogP contribution >= 0.6 is 0 Å². The third-order valence-corrected chi connectivity index (χ3v) is 3.95. The van der Waals surface area contributed by atoms with Crippen LogP contribution in [0.15, 0.2) is 35.4 Å². The molecule has 3 rings (SSSR count). The minimum Gasteiger partial charge on any atom is -0.386 e. The Morgan fingerprint density at radius 2 is 1.63 bits per heavy atom. The van der Waals surface area contributed by atoms with Crippen LogP contribution in [0.2, 0.25) is 0 Å². The number of ether oxygens (including phenoxy) is 1. The second kappa shape index (κ2) is 4.34. The molecule has 1 aromatic rings. The van der Waals surface area contributed by atoms with Crippen LogP contribution in [0.25, 0.3) is 0 Å². The summed E-state index contributed by atoms with van der Waals surface area (Å²) in [4.78, 5) is 23.7. The normalized spacial score (nSPS) is 19.3. The van der Waals surface area contributed by atoms with E-state index in [-0.39, 0.29) is 11.8 Å². The fourth-order valence-corrected chi connectivity index (χ4v) is 3.11. The summed E-state index contributed by atoms with van der Waals surface area (Å²) in [5.41, 5.74) is 3.73. The standard InChI is InChI=1S/C16H16O3/c1-9(2)13-14(16(18)19-15(13)17)12-7-10-5-3-4-6-11(10)8-12/h3-6,9,12H,7-8H2,1-2H3. The van der Waals surface area contributed by atoms with Gasteiger partial charge in [0.2, 0.25) is 0 Å². The monoisotopic (exact) mass is 256 g/mol. The molecule has 0 unspecified atom stereocenters. The summed E-state index contributed by atoms with van der Waals surface area (Å²) < 4.78 is 4.81. The first-order valence-corrected chi connectivity index (χ1v) is 6.65. The van der Waals surface area contributed by atoms with Gasteiger partial charge in [-0.1, -0.05) is 38.1 Å². The van der Waals surface area contributed by atoms with Crippen LogP contribution in [0.5, 0.6) is 0 Å². The van der Waals surface area contributed by atoms with Crippen LogP contribution in [0.4, 0.5) is 0 Å². The Bertz CT molecular complexity index is 571. The lowest BCUT2D eigenvalue weighted by Crippen LogP contribution is -2.13. The molecule has 1 aliphatic carbocycles. The van der Waals surface area contributed by atoms with Gasteiger partial charge in [-0.15, -0.1) is 0 Å². The van der Waals surface area contributed by atoms with E-state index < -0.39 is 11.9 Å². The van der Waals surface area contributed by atoms with E-state index >= 15 is 0 Å². The third-order valence-electron chi connectivity index (χ3n) is 3.95. The summed E-state index contributed by atoms with van der Waals surface area (Å²) in [6.07, 6.45) is 1.65. The van der Waals surface area contributed by atoms with Gasteiger partial charge in [-0.25, -0.2) is 9.59 Å². The van der Waals surface area contributed by atoms with Crippen molar-refractivity contribution in [2.75, 3.05) is 0 Å².